The number of carbonyl (C=O) groups excluding carboxylic acids is 1. The van der Waals surface area contributed by atoms with Crippen molar-refractivity contribution in [1.82, 2.24) is 9.88 Å². The monoisotopic (exact) mass is 390 g/mol. The fourth-order valence-corrected chi connectivity index (χ4v) is 3.74. The van der Waals surface area contributed by atoms with E-state index in [2.05, 4.69) is 4.98 Å². The predicted molar refractivity (Wildman–Crippen MR) is 100 cm³/mol. The van der Waals surface area contributed by atoms with Gasteiger partial charge in [-0.25, -0.2) is 4.98 Å². The third-order valence-electron chi connectivity index (χ3n) is 5.16. The van der Waals surface area contributed by atoms with Crippen molar-refractivity contribution in [3.05, 3.63) is 41.4 Å². The molecule has 3 heterocycles. The summed E-state index contributed by atoms with van der Waals surface area (Å²) in [5.41, 5.74) is 0.919. The van der Waals surface area contributed by atoms with Gasteiger partial charge in [0.15, 0.2) is 17.9 Å². The highest BCUT2D eigenvalue weighted by atomic mass is 35.5. The van der Waals surface area contributed by atoms with Crippen LogP contribution < -0.4 is 0 Å². The quantitative estimate of drug-likeness (QED) is 0.781. The van der Waals surface area contributed by atoms with Crippen LogP contribution in [0.25, 0.3) is 11.3 Å². The van der Waals surface area contributed by atoms with Crippen LogP contribution in [0.2, 0.25) is 5.02 Å². The van der Waals surface area contributed by atoms with E-state index in [1.807, 2.05) is 29.2 Å². The first kappa shape index (κ1) is 18.5. The first-order valence-corrected chi connectivity index (χ1v) is 9.78. The van der Waals surface area contributed by atoms with Crippen molar-refractivity contribution in [2.24, 2.45) is 5.92 Å². The molecule has 0 spiro atoms. The number of benzene rings is 1. The molecule has 2 fully saturated rings. The zero-order chi connectivity index (χ0) is 18.6. The van der Waals surface area contributed by atoms with E-state index in [9.17, 15) is 4.79 Å². The Morgan fingerprint density at radius 2 is 1.85 bits per heavy atom. The Labute approximate surface area is 163 Å². The van der Waals surface area contributed by atoms with E-state index in [-0.39, 0.29) is 12.2 Å². The molecule has 0 atom stereocenters. The molecular formula is C20H23ClN2O4. The standard InChI is InChI=1S/C20H23ClN2O4/c21-16-3-1-14(2-4-16)17-13-22-18(27-17)5-6-19(24)23-9-7-15(8-10-23)20-25-11-12-26-20/h1-4,13,15,20H,5-12H2. The normalized spacial score (nSPS) is 18.9. The number of piperidine rings is 1. The molecular weight excluding hydrogens is 368 g/mol. The number of aromatic nitrogens is 1. The van der Waals surface area contributed by atoms with Gasteiger partial charge in [0.05, 0.1) is 19.4 Å². The number of oxazole rings is 1. The maximum atomic E-state index is 12.5. The van der Waals surface area contributed by atoms with Crippen LogP contribution in [0.3, 0.4) is 0 Å². The van der Waals surface area contributed by atoms with E-state index >= 15 is 0 Å². The second-order valence-corrected chi connectivity index (χ2v) is 7.39. The van der Waals surface area contributed by atoms with Crippen LogP contribution in [0.1, 0.15) is 25.2 Å². The van der Waals surface area contributed by atoms with Gasteiger partial charge >= 0.3 is 0 Å². The molecule has 0 N–H and O–H groups in total. The lowest BCUT2D eigenvalue weighted by Crippen LogP contribution is -2.41. The molecule has 4 rings (SSSR count). The minimum absolute atomic E-state index is 0.0825. The first-order valence-electron chi connectivity index (χ1n) is 9.40. The molecule has 1 amide bonds. The minimum atomic E-state index is -0.0825. The largest absolute Gasteiger partial charge is 0.441 e. The van der Waals surface area contributed by atoms with E-state index in [0.29, 0.717) is 48.6 Å². The second-order valence-electron chi connectivity index (χ2n) is 6.95. The Kier molecular flexibility index (Phi) is 5.76. The van der Waals surface area contributed by atoms with Crippen molar-refractivity contribution >= 4 is 17.5 Å². The van der Waals surface area contributed by atoms with Crippen molar-refractivity contribution in [2.75, 3.05) is 26.3 Å². The van der Waals surface area contributed by atoms with Crippen LogP contribution in [0.5, 0.6) is 0 Å². The molecule has 0 saturated carbocycles. The molecule has 7 heteroatoms. The number of likely N-dealkylation sites (tertiary alicyclic amines) is 1. The number of hydrogen-bond acceptors (Lipinski definition) is 5. The van der Waals surface area contributed by atoms with Crippen LogP contribution in [0.15, 0.2) is 34.9 Å². The van der Waals surface area contributed by atoms with Crippen molar-refractivity contribution in [2.45, 2.75) is 32.0 Å². The highest BCUT2D eigenvalue weighted by Crippen LogP contribution is 2.26. The third-order valence-corrected chi connectivity index (χ3v) is 5.41. The Morgan fingerprint density at radius 3 is 2.56 bits per heavy atom. The van der Waals surface area contributed by atoms with Gasteiger partial charge in [0.1, 0.15) is 0 Å². The summed E-state index contributed by atoms with van der Waals surface area (Å²) in [4.78, 5) is 18.7. The number of ether oxygens (including phenoxy) is 2. The molecule has 0 aliphatic carbocycles. The number of nitrogens with zero attached hydrogens (tertiary/aromatic N) is 2. The van der Waals surface area contributed by atoms with Gasteiger partial charge in [0.25, 0.3) is 0 Å². The van der Waals surface area contributed by atoms with E-state index < -0.39 is 0 Å². The summed E-state index contributed by atoms with van der Waals surface area (Å²) in [6.07, 6.45) is 4.37. The molecule has 2 aliphatic rings. The summed E-state index contributed by atoms with van der Waals surface area (Å²) < 4.78 is 16.9. The number of aryl methyl sites for hydroxylation is 1. The van der Waals surface area contributed by atoms with Gasteiger partial charge in [-0.1, -0.05) is 11.6 Å². The molecule has 6 nitrogen and oxygen atoms in total. The average Bonchev–Trinajstić information content (AvgIpc) is 3.39. The molecule has 2 aromatic rings. The van der Waals surface area contributed by atoms with Crippen molar-refractivity contribution < 1.29 is 18.7 Å². The van der Waals surface area contributed by atoms with Crippen LogP contribution in [-0.4, -0.2) is 48.4 Å². The number of halogens is 1. The zero-order valence-electron chi connectivity index (χ0n) is 15.1. The molecule has 0 radical (unpaired) electrons. The van der Waals surface area contributed by atoms with Gasteiger partial charge in [-0.2, -0.15) is 0 Å². The summed E-state index contributed by atoms with van der Waals surface area (Å²) in [6, 6.07) is 7.40. The molecule has 2 saturated heterocycles. The van der Waals surface area contributed by atoms with Gasteiger partial charge in [-0.15, -0.1) is 0 Å². The van der Waals surface area contributed by atoms with Crippen molar-refractivity contribution in [3.8, 4) is 11.3 Å². The van der Waals surface area contributed by atoms with Gasteiger partial charge in [0, 0.05) is 42.4 Å². The Bertz CT molecular complexity index is 763. The maximum absolute atomic E-state index is 12.5. The van der Waals surface area contributed by atoms with E-state index in [0.717, 1.165) is 31.5 Å². The van der Waals surface area contributed by atoms with Gasteiger partial charge < -0.3 is 18.8 Å². The number of hydrogen-bond donors (Lipinski definition) is 0. The molecule has 0 bridgehead atoms. The molecule has 1 aromatic heterocycles. The molecule has 2 aliphatic heterocycles. The van der Waals surface area contributed by atoms with Crippen LogP contribution in [0, 0.1) is 5.92 Å². The summed E-state index contributed by atoms with van der Waals surface area (Å²) in [5, 5.41) is 0.680. The lowest BCUT2D eigenvalue weighted by Gasteiger charge is -2.33. The Morgan fingerprint density at radius 1 is 1.15 bits per heavy atom. The van der Waals surface area contributed by atoms with Crippen LogP contribution in [0.4, 0.5) is 0 Å². The van der Waals surface area contributed by atoms with Crippen molar-refractivity contribution in [1.29, 1.82) is 0 Å². The average molecular weight is 391 g/mol. The summed E-state index contributed by atoms with van der Waals surface area (Å²) in [5.74, 6) is 1.81. The number of rotatable bonds is 5. The smallest absolute Gasteiger partial charge is 0.223 e. The molecule has 27 heavy (non-hydrogen) atoms. The van der Waals surface area contributed by atoms with E-state index in [1.54, 1.807) is 6.20 Å². The van der Waals surface area contributed by atoms with Gasteiger partial charge in [-0.3, -0.25) is 4.79 Å². The molecule has 0 unspecified atom stereocenters. The Hall–Kier alpha value is -1.89. The molecule has 144 valence electrons. The predicted octanol–water partition coefficient (Wildman–Crippen LogP) is 3.54. The summed E-state index contributed by atoms with van der Waals surface area (Å²) in [6.45, 7) is 2.87. The van der Waals surface area contributed by atoms with Crippen molar-refractivity contribution in [3.63, 3.8) is 0 Å². The zero-order valence-corrected chi connectivity index (χ0v) is 15.9. The second kappa shape index (κ2) is 8.42. The summed E-state index contributed by atoms with van der Waals surface area (Å²) in [7, 11) is 0. The lowest BCUT2D eigenvalue weighted by molar-refractivity contribution is -0.136. The minimum Gasteiger partial charge on any atom is -0.441 e. The lowest BCUT2D eigenvalue weighted by atomic mass is 9.96. The van der Waals surface area contributed by atoms with E-state index in [4.69, 9.17) is 25.5 Å². The fraction of sp³-hybridized carbons (Fsp3) is 0.500. The highest BCUT2D eigenvalue weighted by Gasteiger charge is 2.31. The maximum Gasteiger partial charge on any atom is 0.223 e. The van der Waals surface area contributed by atoms with Crippen LogP contribution >= 0.6 is 11.6 Å². The van der Waals surface area contributed by atoms with E-state index in [1.165, 1.54) is 0 Å². The highest BCUT2D eigenvalue weighted by molar-refractivity contribution is 6.30. The summed E-state index contributed by atoms with van der Waals surface area (Å²) >= 11 is 5.91. The SMILES string of the molecule is O=C(CCc1ncc(-c2ccc(Cl)cc2)o1)N1CCC(C2OCCO2)CC1. The topological polar surface area (TPSA) is 64.8 Å². The Balaban J connectivity index is 1.25. The fourth-order valence-electron chi connectivity index (χ4n) is 3.62. The number of amides is 1. The van der Waals surface area contributed by atoms with Gasteiger partial charge in [0.2, 0.25) is 5.91 Å². The number of carbonyl (C=O) groups is 1. The molecule has 1 aromatic carbocycles. The van der Waals surface area contributed by atoms with Gasteiger partial charge in [-0.05, 0) is 37.1 Å². The van der Waals surface area contributed by atoms with Crippen LogP contribution in [-0.2, 0) is 20.7 Å². The third kappa shape index (κ3) is 4.51. The first-order chi connectivity index (χ1) is 13.2.